The number of benzene rings is 4. The molecule has 0 saturated carbocycles. The summed E-state index contributed by atoms with van der Waals surface area (Å²) in [6, 6.07) is 26.8. The number of hydrogen-bond acceptors (Lipinski definition) is 7. The lowest BCUT2D eigenvalue weighted by Gasteiger charge is -2.27. The summed E-state index contributed by atoms with van der Waals surface area (Å²) < 4.78 is 19.6. The normalized spacial score (nSPS) is 14.5. The molecule has 0 fully saturated rings. The molecule has 0 saturated heterocycles. The number of carbonyl (C=O) groups is 1. The Balaban J connectivity index is 1.49. The second-order valence-corrected chi connectivity index (χ2v) is 11.8. The molecule has 0 amide bonds. The molecule has 0 aliphatic carbocycles. The first kappa shape index (κ1) is 30.8. The second kappa shape index (κ2) is 13.4. The molecule has 232 valence electrons. The van der Waals surface area contributed by atoms with Crippen molar-refractivity contribution in [1.29, 1.82) is 0 Å². The van der Waals surface area contributed by atoms with Crippen LogP contribution in [0.2, 0.25) is 0 Å². The van der Waals surface area contributed by atoms with Crippen molar-refractivity contribution in [3.05, 3.63) is 151 Å². The van der Waals surface area contributed by atoms with Crippen molar-refractivity contribution in [3.63, 3.8) is 0 Å². The molecule has 6 rings (SSSR count). The minimum absolute atomic E-state index is 0.192. The summed E-state index contributed by atoms with van der Waals surface area (Å²) in [6.45, 7) is 8.10. The first-order valence-electron chi connectivity index (χ1n) is 15.1. The third-order valence-corrected chi connectivity index (χ3v) is 8.91. The maximum atomic E-state index is 14.3. The highest BCUT2D eigenvalue weighted by atomic mass is 32.1. The van der Waals surface area contributed by atoms with Gasteiger partial charge in [-0.3, -0.25) is 9.36 Å². The minimum atomic E-state index is -0.802. The molecule has 1 aromatic heterocycles. The highest BCUT2D eigenvalue weighted by Crippen LogP contribution is 2.40. The third kappa shape index (κ3) is 5.91. The highest BCUT2D eigenvalue weighted by molar-refractivity contribution is 7.07. The van der Waals surface area contributed by atoms with Gasteiger partial charge in [-0.2, -0.15) is 0 Å². The van der Waals surface area contributed by atoms with Gasteiger partial charge >= 0.3 is 5.97 Å². The van der Waals surface area contributed by atoms with Gasteiger partial charge in [0.1, 0.15) is 24.1 Å². The summed E-state index contributed by atoms with van der Waals surface area (Å²) in [5.41, 5.74) is 4.14. The SMILES string of the molecule is C=CCc1cc(/C=c2/sc3n(c2=O)[C@@H](c2c(OC)ccc4ccccc24)C(C(=O)OCC)=C(C)N=3)ccc1OCc1ccccc1. The smallest absolute Gasteiger partial charge is 0.338 e. The summed E-state index contributed by atoms with van der Waals surface area (Å²) in [5.74, 6) is 0.813. The molecule has 0 unspecified atom stereocenters. The summed E-state index contributed by atoms with van der Waals surface area (Å²) in [7, 11) is 1.59. The Morgan fingerprint density at radius 2 is 1.78 bits per heavy atom. The number of hydrogen-bond donors (Lipinski definition) is 0. The summed E-state index contributed by atoms with van der Waals surface area (Å²) in [6.07, 6.45) is 4.30. The molecule has 1 aliphatic rings. The van der Waals surface area contributed by atoms with Gasteiger partial charge in [0.05, 0.1) is 29.5 Å². The largest absolute Gasteiger partial charge is 0.496 e. The van der Waals surface area contributed by atoms with Crippen molar-refractivity contribution in [2.75, 3.05) is 13.7 Å². The second-order valence-electron chi connectivity index (χ2n) is 10.8. The van der Waals surface area contributed by atoms with Crippen molar-refractivity contribution >= 4 is 34.2 Å². The zero-order valence-corrected chi connectivity index (χ0v) is 26.8. The number of ether oxygens (including phenoxy) is 3. The Bertz CT molecular complexity index is 2160. The predicted octanol–water partition coefficient (Wildman–Crippen LogP) is 6.27. The average Bonchev–Trinajstić information content (AvgIpc) is 3.37. The lowest BCUT2D eigenvalue weighted by atomic mass is 9.90. The molecule has 5 aromatic rings. The minimum Gasteiger partial charge on any atom is -0.496 e. The number of fused-ring (bicyclic) bond motifs is 2. The van der Waals surface area contributed by atoms with Crippen LogP contribution < -0.4 is 24.4 Å². The van der Waals surface area contributed by atoms with Gasteiger partial charge in [-0.1, -0.05) is 84.1 Å². The monoisotopic (exact) mass is 630 g/mol. The number of carbonyl (C=O) groups excluding carboxylic acids is 1. The molecule has 0 radical (unpaired) electrons. The van der Waals surface area contributed by atoms with Crippen molar-refractivity contribution in [1.82, 2.24) is 4.57 Å². The van der Waals surface area contributed by atoms with E-state index in [1.54, 1.807) is 25.5 Å². The van der Waals surface area contributed by atoms with E-state index >= 15 is 0 Å². The first-order valence-corrected chi connectivity index (χ1v) is 15.9. The number of nitrogens with zero attached hydrogens (tertiary/aromatic N) is 2. The van der Waals surface area contributed by atoms with Crippen molar-refractivity contribution in [3.8, 4) is 11.5 Å². The predicted molar refractivity (Wildman–Crippen MR) is 182 cm³/mol. The topological polar surface area (TPSA) is 79.1 Å². The van der Waals surface area contributed by atoms with Crippen LogP contribution in [0.25, 0.3) is 16.8 Å². The van der Waals surface area contributed by atoms with Crippen LogP contribution in [0.15, 0.2) is 119 Å². The fourth-order valence-electron chi connectivity index (χ4n) is 5.83. The summed E-state index contributed by atoms with van der Waals surface area (Å²) in [5, 5.41) is 1.83. The number of thiazole rings is 1. The molecular weight excluding hydrogens is 596 g/mol. The van der Waals surface area contributed by atoms with Crippen molar-refractivity contribution in [2.45, 2.75) is 32.9 Å². The lowest BCUT2D eigenvalue weighted by Crippen LogP contribution is -2.40. The van der Waals surface area contributed by atoms with Gasteiger partial charge in [-0.05, 0) is 72.0 Å². The van der Waals surface area contributed by atoms with Crippen LogP contribution in [0.3, 0.4) is 0 Å². The Labute approximate surface area is 271 Å². The van der Waals surface area contributed by atoms with E-state index < -0.39 is 12.0 Å². The molecule has 2 heterocycles. The van der Waals surface area contributed by atoms with Crippen LogP contribution in [0.5, 0.6) is 11.5 Å². The fraction of sp³-hybridized carbons (Fsp3) is 0.184. The molecule has 4 aromatic carbocycles. The van der Waals surface area contributed by atoms with E-state index in [4.69, 9.17) is 19.2 Å². The van der Waals surface area contributed by atoms with Crippen LogP contribution in [0.4, 0.5) is 0 Å². The third-order valence-electron chi connectivity index (χ3n) is 7.92. The molecule has 0 spiro atoms. The summed E-state index contributed by atoms with van der Waals surface area (Å²) in [4.78, 5) is 33.1. The average molecular weight is 631 g/mol. The molecule has 8 heteroatoms. The Kier molecular flexibility index (Phi) is 8.99. The van der Waals surface area contributed by atoms with Gasteiger partial charge in [0, 0.05) is 5.56 Å². The van der Waals surface area contributed by atoms with Gasteiger partial charge in [-0.25, -0.2) is 9.79 Å². The molecule has 7 nitrogen and oxygen atoms in total. The Morgan fingerprint density at radius 3 is 2.54 bits per heavy atom. The lowest BCUT2D eigenvalue weighted by molar-refractivity contribution is -0.139. The van der Waals surface area contributed by atoms with Crippen molar-refractivity contribution in [2.24, 2.45) is 4.99 Å². The highest BCUT2D eigenvalue weighted by Gasteiger charge is 2.36. The molecular formula is C38H34N2O5S. The quantitative estimate of drug-likeness (QED) is 0.134. The maximum Gasteiger partial charge on any atom is 0.338 e. The van der Waals surface area contributed by atoms with E-state index in [9.17, 15) is 9.59 Å². The molecule has 46 heavy (non-hydrogen) atoms. The van der Waals surface area contributed by atoms with Gasteiger partial charge < -0.3 is 14.2 Å². The number of rotatable bonds is 10. The summed E-state index contributed by atoms with van der Waals surface area (Å²) >= 11 is 1.29. The van der Waals surface area contributed by atoms with Crippen LogP contribution >= 0.6 is 11.3 Å². The van der Waals surface area contributed by atoms with Crippen LogP contribution in [-0.4, -0.2) is 24.3 Å². The Hall–Kier alpha value is -5.21. The Morgan fingerprint density at radius 1 is 1.02 bits per heavy atom. The van der Waals surface area contributed by atoms with Gasteiger partial charge in [-0.15, -0.1) is 6.58 Å². The van der Waals surface area contributed by atoms with E-state index in [0.717, 1.165) is 33.2 Å². The van der Waals surface area contributed by atoms with E-state index in [-0.39, 0.29) is 12.2 Å². The van der Waals surface area contributed by atoms with E-state index in [1.165, 1.54) is 11.3 Å². The first-order chi connectivity index (χ1) is 22.4. The fourth-order valence-corrected chi connectivity index (χ4v) is 6.88. The van der Waals surface area contributed by atoms with Gasteiger partial charge in [0.15, 0.2) is 4.80 Å². The van der Waals surface area contributed by atoms with Crippen LogP contribution in [-0.2, 0) is 22.6 Å². The zero-order chi connectivity index (χ0) is 32.2. The number of esters is 1. The molecule has 0 bridgehead atoms. The molecule has 1 aliphatic heterocycles. The van der Waals surface area contributed by atoms with Crippen LogP contribution in [0, 0.1) is 0 Å². The van der Waals surface area contributed by atoms with Crippen LogP contribution in [0.1, 0.15) is 42.1 Å². The standard InChI is InChI=1S/C38H34N2O5S/c1-5-12-28-21-26(17-19-30(28)45-23-25-13-8-7-9-14-25)22-32-36(41)40-35(33(37(42)44-6-2)24(3)39-38(40)46-32)34-29-16-11-10-15-27(29)18-20-31(34)43-4/h5,7-11,13-22,35H,1,6,12,23H2,2-4H3/b32-22+/t35-/m1/s1. The molecule has 0 N–H and O–H groups in total. The maximum absolute atomic E-state index is 14.3. The molecule has 1 atom stereocenters. The number of methoxy groups -OCH3 is 1. The van der Waals surface area contributed by atoms with E-state index in [1.807, 2.05) is 97.1 Å². The van der Waals surface area contributed by atoms with Gasteiger partial charge in [0.25, 0.3) is 5.56 Å². The number of allylic oxidation sites excluding steroid dienone is 2. The van der Waals surface area contributed by atoms with E-state index in [2.05, 4.69) is 6.58 Å². The number of aromatic nitrogens is 1. The van der Waals surface area contributed by atoms with E-state index in [0.29, 0.717) is 44.9 Å². The zero-order valence-electron chi connectivity index (χ0n) is 26.0. The van der Waals surface area contributed by atoms with Gasteiger partial charge in [0.2, 0.25) is 0 Å². The van der Waals surface area contributed by atoms with Crippen molar-refractivity contribution < 1.29 is 19.0 Å².